The normalized spacial score (nSPS) is 9.85. The van der Waals surface area contributed by atoms with Crippen LogP contribution >= 0.6 is 0 Å². The van der Waals surface area contributed by atoms with Gasteiger partial charge in [-0.1, -0.05) is 6.92 Å². The fraction of sp³-hybridized carbons (Fsp3) is 0.364. The van der Waals surface area contributed by atoms with Crippen LogP contribution in [-0.2, 0) is 4.79 Å². The van der Waals surface area contributed by atoms with Crippen LogP contribution in [0.4, 0.5) is 11.5 Å². The van der Waals surface area contributed by atoms with Crippen LogP contribution in [0.15, 0.2) is 12.3 Å². The summed E-state index contributed by atoms with van der Waals surface area (Å²) in [5.74, 6) is -1.62. The topological polar surface area (TPSA) is 134 Å². The van der Waals surface area contributed by atoms with Crippen LogP contribution in [-0.4, -0.2) is 40.0 Å². The number of rotatable bonds is 7. The molecule has 9 nitrogen and oxygen atoms in total. The highest BCUT2D eigenvalue weighted by molar-refractivity contribution is 5.93. The molecule has 1 aromatic rings. The van der Waals surface area contributed by atoms with Crippen LogP contribution in [0.1, 0.15) is 23.7 Å². The van der Waals surface area contributed by atoms with Gasteiger partial charge in [-0.3, -0.25) is 14.9 Å². The molecule has 0 fully saturated rings. The number of hydrogen-bond donors (Lipinski definition) is 3. The number of carboxylic acid groups (broad SMARTS) is 1. The number of carbonyl (C=O) groups is 2. The number of carbonyl (C=O) groups excluding carboxylic acids is 1. The lowest BCUT2D eigenvalue weighted by molar-refractivity contribution is -0.385. The molecule has 9 heteroatoms. The molecule has 0 aliphatic carbocycles. The van der Waals surface area contributed by atoms with Gasteiger partial charge in [0.2, 0.25) is 5.91 Å². The predicted octanol–water partition coefficient (Wildman–Crippen LogP) is 0.626. The Morgan fingerprint density at radius 3 is 2.75 bits per heavy atom. The van der Waals surface area contributed by atoms with Crippen molar-refractivity contribution in [3.8, 4) is 0 Å². The lowest BCUT2D eigenvalue weighted by Crippen LogP contribution is -2.30. The zero-order valence-corrected chi connectivity index (χ0v) is 10.8. The molecule has 0 radical (unpaired) electrons. The standard InChI is InChI=1S/C11H14N4O5/c1-2-3-12-10(16)6-14-9-4-7(11(17)18)8(5-13-9)15(19)20/h4-5H,2-3,6H2,1H3,(H,12,16)(H,13,14)(H,17,18). The Labute approximate surface area is 114 Å². The van der Waals surface area contributed by atoms with Gasteiger partial charge in [0.1, 0.15) is 17.6 Å². The van der Waals surface area contributed by atoms with Gasteiger partial charge in [0.05, 0.1) is 11.5 Å². The van der Waals surface area contributed by atoms with Crippen molar-refractivity contribution in [2.45, 2.75) is 13.3 Å². The van der Waals surface area contributed by atoms with Crippen molar-refractivity contribution < 1.29 is 19.6 Å². The molecule has 0 spiro atoms. The minimum atomic E-state index is -1.43. The van der Waals surface area contributed by atoms with E-state index < -0.39 is 22.1 Å². The first-order valence-corrected chi connectivity index (χ1v) is 5.84. The molecule has 1 aromatic heterocycles. The number of nitro groups is 1. The van der Waals surface area contributed by atoms with Crippen molar-refractivity contribution in [2.75, 3.05) is 18.4 Å². The van der Waals surface area contributed by atoms with Crippen LogP contribution in [0.5, 0.6) is 0 Å². The van der Waals surface area contributed by atoms with Crippen molar-refractivity contribution >= 4 is 23.4 Å². The summed E-state index contributed by atoms with van der Waals surface area (Å²) >= 11 is 0. The molecule has 0 aliphatic heterocycles. The van der Waals surface area contributed by atoms with Crippen molar-refractivity contribution in [2.24, 2.45) is 0 Å². The molecule has 3 N–H and O–H groups in total. The Balaban J connectivity index is 2.77. The van der Waals surface area contributed by atoms with Crippen molar-refractivity contribution in [1.82, 2.24) is 10.3 Å². The summed E-state index contributed by atoms with van der Waals surface area (Å²) in [5.41, 5.74) is -1.08. The quantitative estimate of drug-likeness (QED) is 0.493. The van der Waals surface area contributed by atoms with Crippen LogP contribution in [0.25, 0.3) is 0 Å². The van der Waals surface area contributed by atoms with Crippen LogP contribution in [0, 0.1) is 10.1 Å². The Kier molecular flexibility index (Phi) is 5.39. The number of aromatic nitrogens is 1. The SMILES string of the molecule is CCCNC(=O)CNc1cc(C(=O)O)c([N+](=O)[O-])cn1. The van der Waals surface area contributed by atoms with Crippen LogP contribution < -0.4 is 10.6 Å². The molecule has 1 heterocycles. The van der Waals surface area contributed by atoms with Gasteiger partial charge >= 0.3 is 11.7 Å². The number of nitrogens with zero attached hydrogens (tertiary/aromatic N) is 2. The maximum Gasteiger partial charge on any atom is 0.342 e. The third-order valence-electron chi connectivity index (χ3n) is 2.31. The summed E-state index contributed by atoms with van der Waals surface area (Å²) in [6, 6.07) is 1.02. The predicted molar refractivity (Wildman–Crippen MR) is 69.6 cm³/mol. The zero-order chi connectivity index (χ0) is 15.1. The molecule has 0 atom stereocenters. The summed E-state index contributed by atoms with van der Waals surface area (Å²) in [5, 5.41) is 24.8. The van der Waals surface area contributed by atoms with E-state index in [-0.39, 0.29) is 18.3 Å². The molecular formula is C11H14N4O5. The van der Waals surface area contributed by atoms with Crippen molar-refractivity contribution in [3.05, 3.63) is 27.9 Å². The van der Waals surface area contributed by atoms with E-state index in [1.807, 2.05) is 6.92 Å². The second-order valence-electron chi connectivity index (χ2n) is 3.85. The number of nitrogens with one attached hydrogen (secondary N) is 2. The molecule has 0 saturated heterocycles. The molecule has 108 valence electrons. The number of carboxylic acids is 1. The third-order valence-corrected chi connectivity index (χ3v) is 2.31. The fourth-order valence-corrected chi connectivity index (χ4v) is 1.36. The summed E-state index contributed by atoms with van der Waals surface area (Å²) in [4.78, 5) is 35.8. The van der Waals surface area contributed by atoms with Gasteiger partial charge in [-0.25, -0.2) is 9.78 Å². The molecule has 0 aromatic carbocycles. The second-order valence-corrected chi connectivity index (χ2v) is 3.85. The molecule has 0 unspecified atom stereocenters. The van der Waals surface area contributed by atoms with E-state index in [2.05, 4.69) is 15.6 Å². The minimum Gasteiger partial charge on any atom is -0.477 e. The summed E-state index contributed by atoms with van der Waals surface area (Å²) < 4.78 is 0. The van der Waals surface area contributed by atoms with E-state index in [1.54, 1.807) is 0 Å². The average molecular weight is 282 g/mol. The lowest BCUT2D eigenvalue weighted by atomic mass is 10.2. The highest BCUT2D eigenvalue weighted by Crippen LogP contribution is 2.19. The molecule has 0 bridgehead atoms. The third kappa shape index (κ3) is 4.19. The number of pyridine rings is 1. The Morgan fingerprint density at radius 1 is 1.50 bits per heavy atom. The Morgan fingerprint density at radius 2 is 2.20 bits per heavy atom. The number of hydrogen-bond acceptors (Lipinski definition) is 6. The fourth-order valence-electron chi connectivity index (χ4n) is 1.36. The second kappa shape index (κ2) is 7.02. The van der Waals surface area contributed by atoms with Crippen LogP contribution in [0.2, 0.25) is 0 Å². The van der Waals surface area contributed by atoms with Crippen LogP contribution in [0.3, 0.4) is 0 Å². The van der Waals surface area contributed by atoms with E-state index in [1.165, 1.54) is 0 Å². The van der Waals surface area contributed by atoms with E-state index in [9.17, 15) is 19.7 Å². The van der Waals surface area contributed by atoms with E-state index in [4.69, 9.17) is 5.11 Å². The first-order valence-electron chi connectivity index (χ1n) is 5.84. The molecule has 1 amide bonds. The van der Waals surface area contributed by atoms with E-state index in [0.29, 0.717) is 6.54 Å². The zero-order valence-electron chi connectivity index (χ0n) is 10.8. The summed E-state index contributed by atoms with van der Waals surface area (Å²) in [6.45, 7) is 2.35. The molecule has 20 heavy (non-hydrogen) atoms. The number of amides is 1. The molecule has 1 rings (SSSR count). The first-order chi connectivity index (χ1) is 9.45. The summed E-state index contributed by atoms with van der Waals surface area (Å²) in [7, 11) is 0. The van der Waals surface area contributed by atoms with Gasteiger partial charge in [0, 0.05) is 12.6 Å². The monoisotopic (exact) mass is 282 g/mol. The van der Waals surface area contributed by atoms with Gasteiger partial charge in [-0.2, -0.15) is 0 Å². The van der Waals surface area contributed by atoms with Gasteiger partial charge in [-0.15, -0.1) is 0 Å². The average Bonchev–Trinajstić information content (AvgIpc) is 2.42. The number of anilines is 1. The largest absolute Gasteiger partial charge is 0.477 e. The summed E-state index contributed by atoms with van der Waals surface area (Å²) in [6.07, 6.45) is 1.64. The number of aromatic carboxylic acids is 1. The van der Waals surface area contributed by atoms with Crippen molar-refractivity contribution in [1.29, 1.82) is 0 Å². The van der Waals surface area contributed by atoms with Gasteiger partial charge in [-0.05, 0) is 6.42 Å². The van der Waals surface area contributed by atoms with Gasteiger partial charge in [0.25, 0.3) is 0 Å². The Bertz CT molecular complexity index is 532. The van der Waals surface area contributed by atoms with Gasteiger partial charge in [0.15, 0.2) is 0 Å². The van der Waals surface area contributed by atoms with Crippen molar-refractivity contribution in [3.63, 3.8) is 0 Å². The minimum absolute atomic E-state index is 0.0830. The first kappa shape index (κ1) is 15.3. The maximum absolute atomic E-state index is 11.3. The maximum atomic E-state index is 11.3. The van der Waals surface area contributed by atoms with Gasteiger partial charge < -0.3 is 15.7 Å². The Hall–Kier alpha value is -2.71. The van der Waals surface area contributed by atoms with E-state index in [0.717, 1.165) is 18.7 Å². The van der Waals surface area contributed by atoms with E-state index >= 15 is 0 Å². The molecular weight excluding hydrogens is 268 g/mol. The highest BCUT2D eigenvalue weighted by atomic mass is 16.6. The molecule has 0 saturated carbocycles. The lowest BCUT2D eigenvalue weighted by Gasteiger charge is -2.07. The smallest absolute Gasteiger partial charge is 0.342 e. The molecule has 0 aliphatic rings. The highest BCUT2D eigenvalue weighted by Gasteiger charge is 2.21.